The van der Waals surface area contributed by atoms with Crippen molar-refractivity contribution in [2.75, 3.05) is 25.4 Å². The number of sulfonamides is 1. The molecule has 17 heavy (non-hydrogen) atoms. The second-order valence-corrected chi connectivity index (χ2v) is 6.71. The lowest BCUT2D eigenvalue weighted by molar-refractivity contribution is -0.127. The van der Waals surface area contributed by atoms with Crippen molar-refractivity contribution in [1.82, 2.24) is 15.1 Å². The molecule has 1 rings (SSSR count). The van der Waals surface area contributed by atoms with Crippen LogP contribution in [-0.2, 0) is 14.8 Å². The van der Waals surface area contributed by atoms with Crippen LogP contribution in [0.1, 0.15) is 6.92 Å². The molecule has 0 aliphatic heterocycles. The van der Waals surface area contributed by atoms with Gasteiger partial charge < -0.3 is 4.90 Å². The van der Waals surface area contributed by atoms with E-state index in [2.05, 4.69) is 10.2 Å². The van der Waals surface area contributed by atoms with Crippen molar-refractivity contribution in [3.63, 3.8) is 0 Å². The van der Waals surface area contributed by atoms with Crippen molar-refractivity contribution >= 4 is 32.4 Å². The molecule has 1 amide bonds. The summed E-state index contributed by atoms with van der Waals surface area (Å²) in [5, 5.41) is 6.31. The van der Waals surface area contributed by atoms with Gasteiger partial charge in [0.15, 0.2) is 5.25 Å². The minimum atomic E-state index is -3.76. The van der Waals surface area contributed by atoms with Crippen LogP contribution in [0.15, 0.2) is 5.51 Å². The highest BCUT2D eigenvalue weighted by Crippen LogP contribution is 2.20. The molecule has 0 aromatic carbocycles. The summed E-state index contributed by atoms with van der Waals surface area (Å²) < 4.78 is 25.2. The molecule has 0 aliphatic rings. The number of carbonyl (C=O) groups excluding carboxylic acids is 1. The number of carbonyl (C=O) groups is 1. The smallest absolute Gasteiger partial charge is 0.248 e. The van der Waals surface area contributed by atoms with Gasteiger partial charge in [-0.15, -0.1) is 10.2 Å². The molecule has 0 aliphatic carbocycles. The summed E-state index contributed by atoms with van der Waals surface area (Å²) in [6.45, 7) is 1.36. The minimum absolute atomic E-state index is 0.239. The maximum atomic E-state index is 12.1. The van der Waals surface area contributed by atoms with Crippen LogP contribution in [0.4, 0.5) is 5.13 Å². The average molecular weight is 278 g/mol. The van der Waals surface area contributed by atoms with Gasteiger partial charge in [0.25, 0.3) is 0 Å². The molecule has 0 N–H and O–H groups in total. The fourth-order valence-corrected chi connectivity index (χ4v) is 3.21. The van der Waals surface area contributed by atoms with Gasteiger partial charge in [-0.2, -0.15) is 0 Å². The lowest BCUT2D eigenvalue weighted by atomic mass is 10.4. The van der Waals surface area contributed by atoms with E-state index < -0.39 is 21.2 Å². The van der Waals surface area contributed by atoms with Crippen molar-refractivity contribution in [3.8, 4) is 0 Å². The maximum Gasteiger partial charge on any atom is 0.248 e. The van der Waals surface area contributed by atoms with Crippen molar-refractivity contribution < 1.29 is 13.2 Å². The van der Waals surface area contributed by atoms with Gasteiger partial charge in [0.2, 0.25) is 21.1 Å². The van der Waals surface area contributed by atoms with Crippen molar-refractivity contribution in [1.29, 1.82) is 0 Å². The molecule has 9 heteroatoms. The number of rotatable bonds is 4. The van der Waals surface area contributed by atoms with Gasteiger partial charge in [0.05, 0.1) is 0 Å². The Morgan fingerprint density at radius 3 is 2.41 bits per heavy atom. The number of nitrogens with zero attached hydrogens (tertiary/aromatic N) is 4. The van der Waals surface area contributed by atoms with Gasteiger partial charge in [-0.3, -0.25) is 4.79 Å². The third-order valence-electron chi connectivity index (χ3n) is 2.23. The van der Waals surface area contributed by atoms with Crippen LogP contribution in [0.5, 0.6) is 0 Å². The monoisotopic (exact) mass is 278 g/mol. The number of aromatic nitrogens is 2. The van der Waals surface area contributed by atoms with E-state index >= 15 is 0 Å². The van der Waals surface area contributed by atoms with E-state index in [1.165, 1.54) is 38.5 Å². The Morgan fingerprint density at radius 1 is 1.41 bits per heavy atom. The molecule has 0 fully saturated rings. The van der Waals surface area contributed by atoms with E-state index in [4.69, 9.17) is 0 Å². The summed E-state index contributed by atoms with van der Waals surface area (Å²) in [6, 6.07) is 0. The first kappa shape index (κ1) is 13.8. The number of amides is 1. The molecule has 1 aromatic rings. The first-order valence-corrected chi connectivity index (χ1v) is 7.12. The molecular weight excluding hydrogens is 264 g/mol. The molecule has 0 radical (unpaired) electrons. The molecule has 0 saturated heterocycles. The van der Waals surface area contributed by atoms with E-state index in [0.29, 0.717) is 0 Å². The summed E-state index contributed by atoms with van der Waals surface area (Å²) in [5.74, 6) is -0.471. The van der Waals surface area contributed by atoms with Gasteiger partial charge in [-0.05, 0) is 6.92 Å². The Kier molecular flexibility index (Phi) is 4.04. The zero-order chi connectivity index (χ0) is 13.2. The molecule has 1 aromatic heterocycles. The topological polar surface area (TPSA) is 83.5 Å². The van der Waals surface area contributed by atoms with Gasteiger partial charge in [0, 0.05) is 21.1 Å². The normalized spacial score (nSPS) is 13.2. The van der Waals surface area contributed by atoms with E-state index in [-0.39, 0.29) is 5.13 Å². The first-order chi connectivity index (χ1) is 7.78. The fraction of sp³-hybridized carbons (Fsp3) is 0.625. The Hall–Kier alpha value is -1.22. The predicted molar refractivity (Wildman–Crippen MR) is 65.4 cm³/mol. The van der Waals surface area contributed by atoms with Crippen LogP contribution in [0.25, 0.3) is 0 Å². The van der Waals surface area contributed by atoms with Gasteiger partial charge in [-0.25, -0.2) is 12.7 Å². The molecule has 96 valence electrons. The second-order valence-electron chi connectivity index (χ2n) is 3.61. The molecule has 7 nitrogen and oxygen atoms in total. The van der Waals surface area contributed by atoms with Crippen LogP contribution in [0.3, 0.4) is 0 Å². The lowest BCUT2D eigenvalue weighted by Crippen LogP contribution is -2.43. The zero-order valence-corrected chi connectivity index (χ0v) is 11.6. The molecular formula is C8H14N4O3S2. The Morgan fingerprint density at radius 2 is 2.00 bits per heavy atom. The molecule has 1 heterocycles. The first-order valence-electron chi connectivity index (χ1n) is 4.73. The third-order valence-corrected chi connectivity index (χ3v) is 5.15. The zero-order valence-electron chi connectivity index (χ0n) is 9.98. The van der Waals surface area contributed by atoms with Crippen molar-refractivity contribution in [2.45, 2.75) is 12.2 Å². The third kappa shape index (κ3) is 2.72. The molecule has 1 unspecified atom stereocenters. The van der Waals surface area contributed by atoms with Crippen LogP contribution in [-0.4, -0.2) is 55.8 Å². The van der Waals surface area contributed by atoms with Crippen molar-refractivity contribution in [3.05, 3.63) is 5.51 Å². The molecule has 0 spiro atoms. The Bertz CT molecular complexity index is 483. The average Bonchev–Trinajstić information content (AvgIpc) is 2.78. The van der Waals surface area contributed by atoms with E-state index in [0.717, 1.165) is 15.6 Å². The van der Waals surface area contributed by atoms with Gasteiger partial charge in [-0.1, -0.05) is 11.3 Å². The lowest BCUT2D eigenvalue weighted by Gasteiger charge is -2.22. The Balaban J connectivity index is 3.00. The number of anilines is 1. The van der Waals surface area contributed by atoms with E-state index in [1.807, 2.05) is 0 Å². The molecule has 1 atom stereocenters. The largest absolute Gasteiger partial charge is 0.348 e. The summed E-state index contributed by atoms with van der Waals surface area (Å²) in [4.78, 5) is 12.9. The Labute approximate surface area is 104 Å². The number of hydrogen-bond donors (Lipinski definition) is 0. The molecule has 0 saturated carbocycles. The minimum Gasteiger partial charge on any atom is -0.348 e. The van der Waals surface area contributed by atoms with Crippen LogP contribution in [0, 0.1) is 0 Å². The summed E-state index contributed by atoms with van der Waals surface area (Å²) in [6.07, 6.45) is 0. The van der Waals surface area contributed by atoms with Gasteiger partial charge in [0.1, 0.15) is 5.51 Å². The van der Waals surface area contributed by atoms with Crippen LogP contribution in [0.2, 0.25) is 0 Å². The second kappa shape index (κ2) is 4.96. The highest BCUT2D eigenvalue weighted by Gasteiger charge is 2.34. The van der Waals surface area contributed by atoms with Crippen LogP contribution >= 0.6 is 11.3 Å². The fourth-order valence-electron chi connectivity index (χ4n) is 1.14. The predicted octanol–water partition coefficient (Wildman–Crippen LogP) is -0.219. The molecule has 0 bridgehead atoms. The number of hydrogen-bond acceptors (Lipinski definition) is 6. The SMILES string of the molecule is CC(C(=O)N(C)C)S(=O)(=O)N(C)c1nncs1. The standard InChI is InChI=1S/C8H14N4O3S2/c1-6(7(13)11(2)3)17(14,15)12(4)8-10-9-5-16-8/h5-6H,1-4H3. The van der Waals surface area contributed by atoms with E-state index in [1.54, 1.807) is 0 Å². The van der Waals surface area contributed by atoms with Crippen LogP contribution < -0.4 is 4.31 Å². The van der Waals surface area contributed by atoms with Crippen molar-refractivity contribution in [2.24, 2.45) is 0 Å². The maximum absolute atomic E-state index is 12.1. The highest BCUT2D eigenvalue weighted by molar-refractivity contribution is 7.94. The quantitative estimate of drug-likeness (QED) is 0.760. The summed E-state index contributed by atoms with van der Waals surface area (Å²) in [5.41, 5.74) is 1.43. The van der Waals surface area contributed by atoms with Gasteiger partial charge >= 0.3 is 0 Å². The summed E-state index contributed by atoms with van der Waals surface area (Å²) >= 11 is 1.10. The summed E-state index contributed by atoms with van der Waals surface area (Å²) in [7, 11) is 0.627. The highest BCUT2D eigenvalue weighted by atomic mass is 32.2. The van der Waals surface area contributed by atoms with E-state index in [9.17, 15) is 13.2 Å².